The van der Waals surface area contributed by atoms with Crippen LogP contribution in [0.5, 0.6) is 0 Å². The number of nitrogens with two attached hydrogens (primary N) is 1. The second kappa shape index (κ2) is 5.27. The predicted molar refractivity (Wildman–Crippen MR) is 82.2 cm³/mol. The minimum atomic E-state index is -0.154. The van der Waals surface area contributed by atoms with Gasteiger partial charge in [-0.15, -0.1) is 0 Å². The first-order chi connectivity index (χ1) is 9.36. The molecule has 2 rings (SSSR count). The minimum Gasteiger partial charge on any atom is -0.398 e. The summed E-state index contributed by atoms with van der Waals surface area (Å²) in [4.78, 5) is 13.6. The van der Waals surface area contributed by atoms with E-state index in [1.165, 1.54) is 6.21 Å². The van der Waals surface area contributed by atoms with Crippen LogP contribution in [0.3, 0.4) is 0 Å². The summed E-state index contributed by atoms with van der Waals surface area (Å²) in [6, 6.07) is 5.84. The summed E-state index contributed by atoms with van der Waals surface area (Å²) in [5.74, 6) is 0.481. The zero-order valence-electron chi connectivity index (χ0n) is 12.4. The molecule has 1 aromatic carbocycles. The molecule has 20 heavy (non-hydrogen) atoms. The Morgan fingerprint density at radius 3 is 2.75 bits per heavy atom. The number of nitrogens with zero attached hydrogens (tertiary/aromatic N) is 1. The molecule has 1 heterocycles. The summed E-state index contributed by atoms with van der Waals surface area (Å²) in [5.41, 5.74) is 8.43. The minimum absolute atomic E-state index is 0.133. The van der Waals surface area contributed by atoms with E-state index in [0.29, 0.717) is 11.6 Å². The van der Waals surface area contributed by atoms with E-state index in [1.54, 1.807) is 6.92 Å². The quantitative estimate of drug-likeness (QED) is 0.642. The van der Waals surface area contributed by atoms with Crippen LogP contribution in [0.4, 0.5) is 5.69 Å². The van der Waals surface area contributed by atoms with Gasteiger partial charge in [0.15, 0.2) is 0 Å². The van der Waals surface area contributed by atoms with Gasteiger partial charge in [0.1, 0.15) is 0 Å². The number of nitrogen functional groups attached to an aromatic ring is 1. The van der Waals surface area contributed by atoms with Crippen LogP contribution in [0.1, 0.15) is 50.7 Å². The van der Waals surface area contributed by atoms with Crippen molar-refractivity contribution in [1.82, 2.24) is 4.90 Å². The molecular weight excluding hydrogens is 250 g/mol. The number of nitrogens with one attached hydrogen (secondary N) is 1. The number of hydrogen-bond donors (Lipinski definition) is 2. The number of anilines is 1. The van der Waals surface area contributed by atoms with Crippen molar-refractivity contribution in [2.75, 3.05) is 12.3 Å². The van der Waals surface area contributed by atoms with Gasteiger partial charge in [0.25, 0.3) is 0 Å². The highest BCUT2D eigenvalue weighted by Gasteiger charge is 2.37. The van der Waals surface area contributed by atoms with Crippen molar-refractivity contribution in [1.29, 1.82) is 5.41 Å². The van der Waals surface area contributed by atoms with Gasteiger partial charge in [-0.2, -0.15) is 0 Å². The third-order valence-corrected chi connectivity index (χ3v) is 4.32. The molecule has 1 aliphatic rings. The molecule has 1 amide bonds. The van der Waals surface area contributed by atoms with Gasteiger partial charge in [0.2, 0.25) is 5.91 Å². The van der Waals surface area contributed by atoms with Crippen molar-refractivity contribution in [2.24, 2.45) is 0 Å². The molecule has 0 aromatic heterocycles. The molecule has 4 heteroatoms. The van der Waals surface area contributed by atoms with Crippen molar-refractivity contribution in [2.45, 2.75) is 45.1 Å². The molecule has 0 radical (unpaired) electrons. The number of amides is 1. The first-order valence-electron chi connectivity index (χ1n) is 7.04. The summed E-state index contributed by atoms with van der Waals surface area (Å²) < 4.78 is 0. The lowest BCUT2D eigenvalue weighted by Gasteiger charge is -2.45. The molecule has 0 saturated carbocycles. The molecule has 108 valence electrons. The van der Waals surface area contributed by atoms with Crippen LogP contribution < -0.4 is 5.73 Å². The standard InChI is InChI=1S/C16H23N3O/c1-11(20)19-8-7-12(9-16(19,2)3)13-5-4-6-15(18)14(13)10-17/h4-6,10,12,17H,7-9,18H2,1-3H3. The number of hydrogen-bond acceptors (Lipinski definition) is 3. The lowest BCUT2D eigenvalue weighted by Crippen LogP contribution is -2.51. The largest absolute Gasteiger partial charge is 0.398 e. The Hall–Kier alpha value is -1.84. The molecule has 0 aliphatic carbocycles. The summed E-state index contributed by atoms with van der Waals surface area (Å²) in [6.07, 6.45) is 3.17. The Labute approximate surface area is 120 Å². The molecular formula is C16H23N3O. The number of rotatable bonds is 2. The van der Waals surface area contributed by atoms with Crippen LogP contribution >= 0.6 is 0 Å². The Kier molecular flexibility index (Phi) is 3.84. The lowest BCUT2D eigenvalue weighted by molar-refractivity contribution is -0.136. The smallest absolute Gasteiger partial charge is 0.219 e. The van der Waals surface area contributed by atoms with Crippen molar-refractivity contribution in [3.05, 3.63) is 29.3 Å². The van der Waals surface area contributed by atoms with Gasteiger partial charge in [-0.1, -0.05) is 12.1 Å². The van der Waals surface area contributed by atoms with E-state index >= 15 is 0 Å². The Morgan fingerprint density at radius 1 is 1.50 bits per heavy atom. The van der Waals surface area contributed by atoms with Crippen LogP contribution in [0.15, 0.2) is 18.2 Å². The average Bonchev–Trinajstić information content (AvgIpc) is 2.36. The first-order valence-corrected chi connectivity index (χ1v) is 7.04. The van der Waals surface area contributed by atoms with E-state index in [2.05, 4.69) is 19.9 Å². The lowest BCUT2D eigenvalue weighted by atomic mass is 9.77. The summed E-state index contributed by atoms with van der Waals surface area (Å²) in [6.45, 7) is 6.61. The van der Waals surface area contributed by atoms with Crippen LogP contribution in [-0.4, -0.2) is 29.1 Å². The van der Waals surface area contributed by atoms with Crippen LogP contribution in [0, 0.1) is 5.41 Å². The van der Waals surface area contributed by atoms with Gasteiger partial charge < -0.3 is 16.0 Å². The van der Waals surface area contributed by atoms with E-state index in [9.17, 15) is 4.79 Å². The molecule has 1 saturated heterocycles. The van der Waals surface area contributed by atoms with E-state index in [4.69, 9.17) is 11.1 Å². The summed E-state index contributed by atoms with van der Waals surface area (Å²) in [7, 11) is 0. The summed E-state index contributed by atoms with van der Waals surface area (Å²) >= 11 is 0. The average molecular weight is 273 g/mol. The molecule has 3 N–H and O–H groups in total. The molecule has 1 aliphatic heterocycles. The van der Waals surface area contributed by atoms with Gasteiger partial charge >= 0.3 is 0 Å². The van der Waals surface area contributed by atoms with Crippen molar-refractivity contribution < 1.29 is 4.79 Å². The first kappa shape index (κ1) is 14.6. The molecule has 0 bridgehead atoms. The third-order valence-electron chi connectivity index (χ3n) is 4.32. The summed E-state index contributed by atoms with van der Waals surface area (Å²) in [5, 5.41) is 7.58. The number of piperidine rings is 1. The van der Waals surface area contributed by atoms with Gasteiger partial charge in [-0.05, 0) is 44.2 Å². The van der Waals surface area contributed by atoms with Crippen LogP contribution in [0.25, 0.3) is 0 Å². The fraction of sp³-hybridized carbons (Fsp3) is 0.500. The molecule has 1 atom stereocenters. The van der Waals surface area contributed by atoms with Gasteiger partial charge in [0.05, 0.1) is 0 Å². The maximum Gasteiger partial charge on any atom is 0.219 e. The predicted octanol–water partition coefficient (Wildman–Crippen LogP) is 2.77. The van der Waals surface area contributed by atoms with Crippen molar-refractivity contribution >= 4 is 17.8 Å². The SMILES string of the molecule is CC(=O)N1CCC(c2cccc(N)c2C=N)CC1(C)C. The van der Waals surface area contributed by atoms with E-state index in [-0.39, 0.29) is 11.4 Å². The van der Waals surface area contributed by atoms with Crippen LogP contribution in [0.2, 0.25) is 0 Å². The highest BCUT2D eigenvalue weighted by atomic mass is 16.2. The van der Waals surface area contributed by atoms with Crippen molar-refractivity contribution in [3.63, 3.8) is 0 Å². The van der Waals surface area contributed by atoms with E-state index in [1.807, 2.05) is 17.0 Å². The molecule has 1 unspecified atom stereocenters. The van der Waals surface area contributed by atoms with Gasteiger partial charge in [-0.25, -0.2) is 0 Å². The second-order valence-corrected chi connectivity index (χ2v) is 6.17. The maximum absolute atomic E-state index is 11.7. The van der Waals surface area contributed by atoms with Gasteiger partial charge in [0, 0.05) is 36.5 Å². The third kappa shape index (κ3) is 2.55. The maximum atomic E-state index is 11.7. The second-order valence-electron chi connectivity index (χ2n) is 6.17. The Morgan fingerprint density at radius 2 is 2.20 bits per heavy atom. The number of carbonyl (C=O) groups excluding carboxylic acids is 1. The Bertz CT molecular complexity index is 537. The topological polar surface area (TPSA) is 70.2 Å². The monoisotopic (exact) mass is 273 g/mol. The molecule has 1 aromatic rings. The zero-order chi connectivity index (χ0) is 14.9. The number of benzene rings is 1. The normalized spacial score (nSPS) is 21.6. The molecule has 1 fully saturated rings. The highest BCUT2D eigenvalue weighted by Crippen LogP contribution is 2.39. The highest BCUT2D eigenvalue weighted by molar-refractivity contribution is 5.87. The fourth-order valence-electron chi connectivity index (χ4n) is 3.38. The van der Waals surface area contributed by atoms with Crippen LogP contribution in [-0.2, 0) is 4.79 Å². The molecule has 4 nitrogen and oxygen atoms in total. The van der Waals surface area contributed by atoms with Crippen molar-refractivity contribution in [3.8, 4) is 0 Å². The van der Waals surface area contributed by atoms with E-state index < -0.39 is 0 Å². The molecule has 0 spiro atoms. The van der Waals surface area contributed by atoms with Gasteiger partial charge in [-0.3, -0.25) is 4.79 Å². The zero-order valence-corrected chi connectivity index (χ0v) is 12.4. The van der Waals surface area contributed by atoms with E-state index in [0.717, 1.165) is 30.5 Å². The number of likely N-dealkylation sites (tertiary alicyclic amines) is 1. The number of carbonyl (C=O) groups is 1. The Balaban J connectivity index is 2.31. The fourth-order valence-corrected chi connectivity index (χ4v) is 3.38.